The Bertz CT molecular complexity index is 610. The molecule has 2 heterocycles. The predicted octanol–water partition coefficient (Wildman–Crippen LogP) is 4.38. The highest BCUT2D eigenvalue weighted by atomic mass is 32.2. The van der Waals surface area contributed by atoms with E-state index in [0.717, 1.165) is 6.54 Å². The number of rotatable bonds is 2. The van der Waals surface area contributed by atoms with Gasteiger partial charge in [0.05, 0.1) is 11.4 Å². The molecule has 0 aliphatic carbocycles. The normalized spacial score (nSPS) is 21.2. The first-order valence-corrected chi connectivity index (χ1v) is 8.48. The maximum Gasteiger partial charge on any atom is 0.0553 e. The van der Waals surface area contributed by atoms with E-state index in [1.165, 1.54) is 40.6 Å². The molecule has 0 bridgehead atoms. The molecule has 108 valence electrons. The molecule has 0 spiro atoms. The molecule has 1 atom stereocenters. The van der Waals surface area contributed by atoms with Gasteiger partial charge in [-0.15, -0.1) is 0 Å². The molecular weight excluding hydrogens is 276 g/mol. The van der Waals surface area contributed by atoms with E-state index in [1.54, 1.807) is 0 Å². The van der Waals surface area contributed by atoms with E-state index in [0.29, 0.717) is 6.04 Å². The van der Waals surface area contributed by atoms with Crippen molar-refractivity contribution < 1.29 is 0 Å². The summed E-state index contributed by atoms with van der Waals surface area (Å²) in [7, 11) is 2.26. The highest BCUT2D eigenvalue weighted by Gasteiger charge is 2.28. The summed E-state index contributed by atoms with van der Waals surface area (Å²) >= 11 is 1.89. The summed E-state index contributed by atoms with van der Waals surface area (Å²) < 4.78 is 0. The Kier molecular flexibility index (Phi) is 3.40. The predicted molar refractivity (Wildman–Crippen MR) is 89.7 cm³/mol. The number of para-hydroxylation sites is 2. The minimum atomic E-state index is 0.661. The maximum atomic E-state index is 2.52. The van der Waals surface area contributed by atoms with Crippen LogP contribution in [-0.2, 0) is 0 Å². The Morgan fingerprint density at radius 2 is 1.62 bits per heavy atom. The van der Waals surface area contributed by atoms with Gasteiger partial charge in [0, 0.05) is 22.4 Å². The number of nitrogens with zero attached hydrogens (tertiary/aromatic N) is 2. The number of likely N-dealkylation sites (tertiary alicyclic amines) is 1. The van der Waals surface area contributed by atoms with Crippen molar-refractivity contribution in [2.45, 2.75) is 28.7 Å². The molecule has 0 N–H and O–H groups in total. The summed E-state index contributed by atoms with van der Waals surface area (Å²) in [5, 5.41) is 0. The van der Waals surface area contributed by atoms with E-state index in [9.17, 15) is 0 Å². The molecule has 0 amide bonds. The minimum absolute atomic E-state index is 0.661. The van der Waals surface area contributed by atoms with E-state index < -0.39 is 0 Å². The van der Waals surface area contributed by atoms with Gasteiger partial charge in [0.2, 0.25) is 0 Å². The number of fused-ring (bicyclic) bond motifs is 2. The minimum Gasteiger partial charge on any atom is -0.338 e. The van der Waals surface area contributed by atoms with E-state index in [1.807, 2.05) is 11.8 Å². The largest absolute Gasteiger partial charge is 0.338 e. The van der Waals surface area contributed by atoms with Gasteiger partial charge in [-0.05, 0) is 50.7 Å². The third kappa shape index (κ3) is 2.34. The molecular formula is C18H20N2S. The van der Waals surface area contributed by atoms with Crippen LogP contribution < -0.4 is 4.90 Å². The second-order valence-electron chi connectivity index (χ2n) is 5.92. The quantitative estimate of drug-likeness (QED) is 0.812. The Morgan fingerprint density at radius 1 is 1.00 bits per heavy atom. The highest BCUT2D eigenvalue weighted by Crippen LogP contribution is 2.48. The van der Waals surface area contributed by atoms with Gasteiger partial charge in [0.25, 0.3) is 0 Å². The third-order valence-electron chi connectivity index (χ3n) is 4.60. The van der Waals surface area contributed by atoms with Crippen LogP contribution in [0.25, 0.3) is 0 Å². The van der Waals surface area contributed by atoms with Gasteiger partial charge in [0.15, 0.2) is 0 Å². The summed E-state index contributed by atoms with van der Waals surface area (Å²) in [5.41, 5.74) is 2.73. The molecule has 2 aromatic carbocycles. The number of hydrogen-bond donors (Lipinski definition) is 0. The van der Waals surface area contributed by atoms with E-state index >= 15 is 0 Å². The smallest absolute Gasteiger partial charge is 0.0553 e. The van der Waals surface area contributed by atoms with E-state index in [4.69, 9.17) is 0 Å². The fourth-order valence-corrected chi connectivity index (χ4v) is 4.49. The number of benzene rings is 2. The molecule has 1 saturated heterocycles. The first-order valence-electron chi connectivity index (χ1n) is 7.66. The standard InChI is InChI=1S/C18H20N2S/c1-19-12-6-7-14(19)13-20-15-8-2-4-10-17(15)21-18-11-5-3-9-16(18)20/h2-5,8-11,14H,6-7,12-13H2,1H3/t14-/m0/s1. The lowest BCUT2D eigenvalue weighted by atomic mass is 10.1. The molecule has 2 aromatic rings. The zero-order valence-electron chi connectivity index (χ0n) is 12.3. The average molecular weight is 296 g/mol. The summed E-state index contributed by atoms with van der Waals surface area (Å²) in [5.74, 6) is 0. The van der Waals surface area contributed by atoms with Crippen molar-refractivity contribution in [1.82, 2.24) is 4.90 Å². The average Bonchev–Trinajstić information content (AvgIpc) is 2.92. The van der Waals surface area contributed by atoms with Crippen molar-refractivity contribution in [3.8, 4) is 0 Å². The summed E-state index contributed by atoms with van der Waals surface area (Å²) in [4.78, 5) is 7.77. The molecule has 21 heavy (non-hydrogen) atoms. The lowest BCUT2D eigenvalue weighted by molar-refractivity contribution is 0.315. The fraction of sp³-hybridized carbons (Fsp3) is 0.333. The topological polar surface area (TPSA) is 6.48 Å². The molecule has 4 rings (SSSR count). The molecule has 2 aliphatic heterocycles. The molecule has 2 aliphatic rings. The van der Waals surface area contributed by atoms with Crippen LogP contribution in [0.4, 0.5) is 11.4 Å². The van der Waals surface area contributed by atoms with Gasteiger partial charge in [-0.1, -0.05) is 36.0 Å². The van der Waals surface area contributed by atoms with Gasteiger partial charge in [0.1, 0.15) is 0 Å². The first kappa shape index (κ1) is 13.2. The summed E-state index contributed by atoms with van der Waals surface area (Å²) in [6, 6.07) is 18.2. The first-order chi connectivity index (χ1) is 10.3. The van der Waals surface area contributed by atoms with Crippen molar-refractivity contribution in [2.24, 2.45) is 0 Å². The second-order valence-corrected chi connectivity index (χ2v) is 7.01. The molecule has 1 fully saturated rings. The van der Waals surface area contributed by atoms with Crippen molar-refractivity contribution in [1.29, 1.82) is 0 Å². The van der Waals surface area contributed by atoms with Gasteiger partial charge in [-0.2, -0.15) is 0 Å². The van der Waals surface area contributed by atoms with Crippen LogP contribution >= 0.6 is 11.8 Å². The SMILES string of the molecule is CN1CCC[C@H]1CN1c2ccccc2Sc2ccccc21. The molecule has 2 nitrogen and oxygen atoms in total. The fourth-order valence-electron chi connectivity index (χ4n) is 3.40. The lowest BCUT2D eigenvalue weighted by Crippen LogP contribution is -2.37. The van der Waals surface area contributed by atoms with Crippen LogP contribution in [-0.4, -0.2) is 31.1 Å². The van der Waals surface area contributed by atoms with Crippen molar-refractivity contribution in [2.75, 3.05) is 25.0 Å². The molecule has 3 heteroatoms. The zero-order valence-corrected chi connectivity index (χ0v) is 13.1. The third-order valence-corrected chi connectivity index (χ3v) is 5.73. The molecule has 0 saturated carbocycles. The monoisotopic (exact) mass is 296 g/mol. The van der Waals surface area contributed by atoms with Crippen LogP contribution in [0.5, 0.6) is 0 Å². The van der Waals surface area contributed by atoms with Crippen LogP contribution in [0.1, 0.15) is 12.8 Å². The van der Waals surface area contributed by atoms with Crippen LogP contribution in [0.2, 0.25) is 0 Å². The number of hydrogen-bond acceptors (Lipinski definition) is 3. The zero-order chi connectivity index (χ0) is 14.2. The van der Waals surface area contributed by atoms with E-state index in [-0.39, 0.29) is 0 Å². The Balaban J connectivity index is 1.74. The summed E-state index contributed by atoms with van der Waals surface area (Å²) in [6.45, 7) is 2.32. The van der Waals surface area contributed by atoms with Gasteiger partial charge in [-0.3, -0.25) is 0 Å². The molecule has 0 unspecified atom stereocenters. The van der Waals surface area contributed by atoms with Crippen LogP contribution in [0, 0.1) is 0 Å². The van der Waals surface area contributed by atoms with Crippen LogP contribution in [0.15, 0.2) is 58.3 Å². The van der Waals surface area contributed by atoms with Gasteiger partial charge in [-0.25, -0.2) is 0 Å². The summed E-state index contributed by atoms with van der Waals surface area (Å²) in [6.07, 6.45) is 2.64. The Labute approximate surface area is 130 Å². The van der Waals surface area contributed by atoms with Crippen molar-refractivity contribution in [3.63, 3.8) is 0 Å². The Morgan fingerprint density at radius 3 is 2.19 bits per heavy atom. The lowest BCUT2D eigenvalue weighted by Gasteiger charge is -2.36. The molecule has 0 aromatic heterocycles. The van der Waals surface area contributed by atoms with Crippen LogP contribution in [0.3, 0.4) is 0 Å². The maximum absolute atomic E-state index is 2.52. The number of anilines is 2. The molecule has 0 radical (unpaired) electrons. The van der Waals surface area contributed by atoms with Crippen molar-refractivity contribution >= 4 is 23.1 Å². The van der Waals surface area contributed by atoms with Gasteiger partial charge < -0.3 is 9.80 Å². The second kappa shape index (κ2) is 5.39. The van der Waals surface area contributed by atoms with Crippen molar-refractivity contribution in [3.05, 3.63) is 48.5 Å². The highest BCUT2D eigenvalue weighted by molar-refractivity contribution is 7.99. The van der Waals surface area contributed by atoms with E-state index in [2.05, 4.69) is 65.4 Å². The van der Waals surface area contributed by atoms with Gasteiger partial charge >= 0.3 is 0 Å². The Hall–Kier alpha value is -1.45. The number of likely N-dealkylation sites (N-methyl/N-ethyl adjacent to an activating group) is 1.